The van der Waals surface area contributed by atoms with E-state index < -0.39 is 0 Å². The summed E-state index contributed by atoms with van der Waals surface area (Å²) in [6, 6.07) is 20.5. The van der Waals surface area contributed by atoms with E-state index in [4.69, 9.17) is 0 Å². The summed E-state index contributed by atoms with van der Waals surface area (Å²) in [6.45, 7) is 0.997. The van der Waals surface area contributed by atoms with Gasteiger partial charge < -0.3 is 9.47 Å². The van der Waals surface area contributed by atoms with Crippen LogP contribution in [0.4, 0.5) is 4.39 Å². The number of fused-ring (bicyclic) bond motifs is 1. The van der Waals surface area contributed by atoms with Gasteiger partial charge in [-0.25, -0.2) is 4.39 Å². The average molecular weight is 378 g/mol. The molecule has 0 N–H and O–H groups in total. The molecule has 2 aromatic heterocycles. The van der Waals surface area contributed by atoms with E-state index in [2.05, 4.69) is 16.7 Å². The SMILES string of the molecule is CN(Cc1cccc(F)c1)C(=O)c1cc2sccc2n1Cc1ccccc1. The van der Waals surface area contributed by atoms with Crippen LogP contribution in [0.5, 0.6) is 0 Å². The molecular formula is C22H19FN2OS. The van der Waals surface area contributed by atoms with Gasteiger partial charge in [0.1, 0.15) is 11.5 Å². The molecule has 0 spiro atoms. The van der Waals surface area contributed by atoms with Crippen molar-refractivity contribution in [3.8, 4) is 0 Å². The van der Waals surface area contributed by atoms with Crippen LogP contribution in [0.15, 0.2) is 72.1 Å². The van der Waals surface area contributed by atoms with Gasteiger partial charge in [-0.2, -0.15) is 0 Å². The highest BCUT2D eigenvalue weighted by molar-refractivity contribution is 7.17. The Labute approximate surface area is 161 Å². The van der Waals surface area contributed by atoms with Gasteiger partial charge in [-0.3, -0.25) is 4.79 Å². The molecule has 0 unspecified atom stereocenters. The quantitative estimate of drug-likeness (QED) is 0.471. The number of carbonyl (C=O) groups excluding carboxylic acids is 1. The van der Waals surface area contributed by atoms with Crippen molar-refractivity contribution < 1.29 is 9.18 Å². The standard InChI is InChI=1S/C22H19FN2OS/c1-24(14-17-8-5-9-18(23)12-17)22(26)20-13-21-19(10-11-27-21)25(20)15-16-6-3-2-4-7-16/h2-13H,14-15H2,1H3. The zero-order valence-corrected chi connectivity index (χ0v) is 15.7. The number of aromatic nitrogens is 1. The van der Waals surface area contributed by atoms with Crippen molar-refractivity contribution in [1.82, 2.24) is 9.47 Å². The lowest BCUT2D eigenvalue weighted by Crippen LogP contribution is -2.28. The zero-order valence-electron chi connectivity index (χ0n) is 14.9. The monoisotopic (exact) mass is 378 g/mol. The third-order valence-corrected chi connectivity index (χ3v) is 5.43. The Hall–Kier alpha value is -2.92. The zero-order chi connectivity index (χ0) is 18.8. The Bertz CT molecular complexity index is 1080. The van der Waals surface area contributed by atoms with E-state index in [1.165, 1.54) is 12.1 Å². The van der Waals surface area contributed by atoms with Gasteiger partial charge in [0.15, 0.2) is 0 Å². The molecule has 0 saturated carbocycles. The van der Waals surface area contributed by atoms with Crippen molar-refractivity contribution in [2.24, 2.45) is 0 Å². The molecule has 5 heteroatoms. The molecule has 136 valence electrons. The lowest BCUT2D eigenvalue weighted by molar-refractivity contribution is 0.0775. The second-order valence-electron chi connectivity index (χ2n) is 6.56. The van der Waals surface area contributed by atoms with E-state index in [0.717, 1.165) is 21.3 Å². The summed E-state index contributed by atoms with van der Waals surface area (Å²) in [5.41, 5.74) is 3.63. The predicted octanol–water partition coefficient (Wildman–Crippen LogP) is 5.16. The number of benzene rings is 2. The van der Waals surface area contributed by atoms with Crippen molar-refractivity contribution in [2.75, 3.05) is 7.05 Å². The highest BCUT2D eigenvalue weighted by Crippen LogP contribution is 2.27. The van der Waals surface area contributed by atoms with Crippen LogP contribution in [-0.4, -0.2) is 22.4 Å². The van der Waals surface area contributed by atoms with Crippen LogP contribution in [-0.2, 0) is 13.1 Å². The summed E-state index contributed by atoms with van der Waals surface area (Å²) in [7, 11) is 1.75. The number of rotatable bonds is 5. The van der Waals surface area contributed by atoms with Gasteiger partial charge in [-0.1, -0.05) is 42.5 Å². The number of amides is 1. The molecule has 0 saturated heterocycles. The molecule has 0 aliphatic carbocycles. The van der Waals surface area contributed by atoms with Crippen LogP contribution in [0.1, 0.15) is 21.6 Å². The lowest BCUT2D eigenvalue weighted by atomic mass is 10.2. The fraction of sp³-hybridized carbons (Fsp3) is 0.136. The molecule has 4 rings (SSSR count). The largest absolute Gasteiger partial charge is 0.336 e. The van der Waals surface area contributed by atoms with E-state index in [-0.39, 0.29) is 11.7 Å². The van der Waals surface area contributed by atoms with Gasteiger partial charge in [-0.15, -0.1) is 11.3 Å². The average Bonchev–Trinajstić information content (AvgIpc) is 3.25. The first-order valence-electron chi connectivity index (χ1n) is 8.72. The smallest absolute Gasteiger partial charge is 0.270 e. The van der Waals surface area contributed by atoms with Crippen molar-refractivity contribution >= 4 is 27.5 Å². The summed E-state index contributed by atoms with van der Waals surface area (Å²) in [6.07, 6.45) is 0. The van der Waals surface area contributed by atoms with Gasteiger partial charge in [0.2, 0.25) is 0 Å². The summed E-state index contributed by atoms with van der Waals surface area (Å²) < 4.78 is 16.6. The molecule has 1 amide bonds. The second-order valence-corrected chi connectivity index (χ2v) is 7.51. The number of carbonyl (C=O) groups is 1. The maximum atomic E-state index is 13.4. The van der Waals surface area contributed by atoms with Crippen LogP contribution < -0.4 is 0 Å². The van der Waals surface area contributed by atoms with Crippen molar-refractivity contribution in [3.05, 3.63) is 94.7 Å². The number of halogens is 1. The van der Waals surface area contributed by atoms with Gasteiger partial charge in [0, 0.05) is 20.1 Å². The van der Waals surface area contributed by atoms with Crippen molar-refractivity contribution in [3.63, 3.8) is 0 Å². The third kappa shape index (κ3) is 3.64. The number of thiophene rings is 1. The fourth-order valence-electron chi connectivity index (χ4n) is 3.27. The highest BCUT2D eigenvalue weighted by atomic mass is 32.1. The van der Waals surface area contributed by atoms with E-state index in [1.54, 1.807) is 29.4 Å². The molecule has 0 aliphatic rings. The topological polar surface area (TPSA) is 25.2 Å². The van der Waals surface area contributed by atoms with Gasteiger partial charge in [0.05, 0.1) is 10.2 Å². The number of hydrogen-bond donors (Lipinski definition) is 0. The first kappa shape index (κ1) is 17.5. The van der Waals surface area contributed by atoms with Crippen LogP contribution >= 0.6 is 11.3 Å². The minimum Gasteiger partial charge on any atom is -0.336 e. The lowest BCUT2D eigenvalue weighted by Gasteiger charge is -2.19. The Balaban J connectivity index is 1.65. The van der Waals surface area contributed by atoms with Crippen molar-refractivity contribution in [1.29, 1.82) is 0 Å². The Morgan fingerprint density at radius 3 is 2.59 bits per heavy atom. The summed E-state index contributed by atoms with van der Waals surface area (Å²) >= 11 is 1.63. The van der Waals surface area contributed by atoms with E-state index >= 15 is 0 Å². The Morgan fingerprint density at radius 1 is 1.04 bits per heavy atom. The Kier molecular flexibility index (Phi) is 4.77. The number of nitrogens with zero attached hydrogens (tertiary/aromatic N) is 2. The maximum Gasteiger partial charge on any atom is 0.270 e. The predicted molar refractivity (Wildman–Crippen MR) is 108 cm³/mol. The molecule has 0 aliphatic heterocycles. The summed E-state index contributed by atoms with van der Waals surface area (Å²) in [4.78, 5) is 14.8. The number of hydrogen-bond acceptors (Lipinski definition) is 2. The van der Waals surface area contributed by atoms with Crippen LogP contribution in [0, 0.1) is 5.82 Å². The molecule has 0 atom stereocenters. The first-order valence-corrected chi connectivity index (χ1v) is 9.60. The van der Waals surface area contributed by atoms with Gasteiger partial charge >= 0.3 is 0 Å². The fourth-order valence-corrected chi connectivity index (χ4v) is 4.09. The molecule has 27 heavy (non-hydrogen) atoms. The van der Waals surface area contributed by atoms with Crippen LogP contribution in [0.3, 0.4) is 0 Å². The Morgan fingerprint density at radius 2 is 1.81 bits per heavy atom. The highest BCUT2D eigenvalue weighted by Gasteiger charge is 2.20. The van der Waals surface area contributed by atoms with Gasteiger partial charge in [-0.05, 0) is 40.8 Å². The van der Waals surface area contributed by atoms with E-state index in [9.17, 15) is 9.18 Å². The van der Waals surface area contributed by atoms with Crippen LogP contribution in [0.25, 0.3) is 10.2 Å². The third-order valence-electron chi connectivity index (χ3n) is 4.58. The molecule has 0 fully saturated rings. The molecular weight excluding hydrogens is 359 g/mol. The summed E-state index contributed by atoms with van der Waals surface area (Å²) in [5.74, 6) is -0.361. The normalized spacial score (nSPS) is 11.0. The maximum absolute atomic E-state index is 13.4. The minimum absolute atomic E-state index is 0.0707. The first-order chi connectivity index (χ1) is 13.1. The second kappa shape index (κ2) is 7.37. The molecule has 4 aromatic rings. The van der Waals surface area contributed by atoms with Crippen LogP contribution in [0.2, 0.25) is 0 Å². The minimum atomic E-state index is -0.290. The molecule has 3 nitrogen and oxygen atoms in total. The molecule has 0 bridgehead atoms. The van der Waals surface area contributed by atoms with Gasteiger partial charge in [0.25, 0.3) is 5.91 Å². The summed E-state index contributed by atoms with van der Waals surface area (Å²) in [5, 5.41) is 2.04. The van der Waals surface area contributed by atoms with Crippen molar-refractivity contribution in [2.45, 2.75) is 13.1 Å². The van der Waals surface area contributed by atoms with E-state index in [0.29, 0.717) is 18.8 Å². The van der Waals surface area contributed by atoms with E-state index in [1.807, 2.05) is 41.8 Å². The molecule has 0 radical (unpaired) electrons. The molecule has 2 heterocycles. The molecule has 2 aromatic carbocycles.